The summed E-state index contributed by atoms with van der Waals surface area (Å²) in [6, 6.07) is 26.8. The third kappa shape index (κ3) is 3.65. The molecule has 0 saturated carbocycles. The molecule has 1 heterocycles. The second kappa shape index (κ2) is 7.66. The molecule has 4 rings (SSSR count). The Morgan fingerprint density at radius 2 is 1.50 bits per heavy atom. The van der Waals surface area contributed by atoms with Gasteiger partial charge in [0.15, 0.2) is 0 Å². The number of benzene rings is 3. The monoisotopic (exact) mass is 337 g/mol. The molecule has 0 fully saturated rings. The second-order valence-corrected chi connectivity index (χ2v) is 6.09. The lowest BCUT2D eigenvalue weighted by molar-refractivity contribution is 0.306. The summed E-state index contributed by atoms with van der Waals surface area (Å²) in [7, 11) is 0. The number of hydrogen-bond acceptors (Lipinski definition) is 2. The molecule has 0 atom stereocenters. The summed E-state index contributed by atoms with van der Waals surface area (Å²) in [4.78, 5) is 4.07. The van der Waals surface area contributed by atoms with Gasteiger partial charge >= 0.3 is 0 Å². The van der Waals surface area contributed by atoms with Crippen molar-refractivity contribution < 1.29 is 4.74 Å². The molecular weight excluding hydrogens is 318 g/mol. The number of fused-ring (bicyclic) bond motifs is 1. The highest BCUT2D eigenvalue weighted by Gasteiger charge is 2.07. The lowest BCUT2D eigenvalue weighted by Gasteiger charge is -2.12. The van der Waals surface area contributed by atoms with Crippen LogP contribution in [-0.4, -0.2) is 4.98 Å². The van der Waals surface area contributed by atoms with E-state index < -0.39 is 0 Å². The van der Waals surface area contributed by atoms with E-state index in [9.17, 15) is 0 Å². The van der Waals surface area contributed by atoms with Crippen LogP contribution in [0, 0.1) is 0 Å². The summed E-state index contributed by atoms with van der Waals surface area (Å²) in [6.45, 7) is 0.551. The average Bonchev–Trinajstić information content (AvgIpc) is 2.72. The first-order valence-electron chi connectivity index (χ1n) is 8.67. The van der Waals surface area contributed by atoms with Crippen molar-refractivity contribution >= 4 is 22.9 Å². The van der Waals surface area contributed by atoms with Crippen LogP contribution >= 0.6 is 0 Å². The van der Waals surface area contributed by atoms with E-state index in [2.05, 4.69) is 65.7 Å². The molecule has 3 aromatic carbocycles. The Balaban J connectivity index is 1.71. The Bertz CT molecular complexity index is 1020. The van der Waals surface area contributed by atoms with E-state index in [0.29, 0.717) is 6.61 Å². The van der Waals surface area contributed by atoms with Crippen LogP contribution in [0.25, 0.3) is 22.9 Å². The molecule has 0 aliphatic carbocycles. The highest BCUT2D eigenvalue weighted by Crippen LogP contribution is 2.30. The maximum absolute atomic E-state index is 6.16. The largest absolute Gasteiger partial charge is 0.488 e. The third-order valence-corrected chi connectivity index (χ3v) is 4.32. The maximum Gasteiger partial charge on any atom is 0.127 e. The molecule has 126 valence electrons. The van der Waals surface area contributed by atoms with E-state index in [-0.39, 0.29) is 0 Å². The second-order valence-electron chi connectivity index (χ2n) is 6.09. The van der Waals surface area contributed by atoms with E-state index in [1.165, 1.54) is 10.8 Å². The minimum Gasteiger partial charge on any atom is -0.488 e. The molecule has 0 saturated heterocycles. The summed E-state index contributed by atoms with van der Waals surface area (Å²) >= 11 is 0. The van der Waals surface area contributed by atoms with Crippen LogP contribution in [0.15, 0.2) is 91.3 Å². The summed E-state index contributed by atoms with van der Waals surface area (Å²) in [5.74, 6) is 0.887. The summed E-state index contributed by atoms with van der Waals surface area (Å²) in [6.07, 6.45) is 7.82. The molecule has 0 bridgehead atoms. The quantitative estimate of drug-likeness (QED) is 0.446. The van der Waals surface area contributed by atoms with E-state index in [0.717, 1.165) is 22.4 Å². The summed E-state index contributed by atoms with van der Waals surface area (Å²) in [5.41, 5.74) is 3.36. The molecule has 0 aliphatic rings. The van der Waals surface area contributed by atoms with Crippen molar-refractivity contribution in [1.29, 1.82) is 0 Å². The zero-order valence-corrected chi connectivity index (χ0v) is 14.4. The van der Waals surface area contributed by atoms with Gasteiger partial charge in [0.2, 0.25) is 0 Å². The summed E-state index contributed by atoms with van der Waals surface area (Å²) in [5, 5.41) is 2.39. The van der Waals surface area contributed by atoms with Gasteiger partial charge in [-0.1, -0.05) is 72.8 Å². The van der Waals surface area contributed by atoms with E-state index >= 15 is 0 Å². The van der Waals surface area contributed by atoms with Gasteiger partial charge in [-0.25, -0.2) is 0 Å². The minimum atomic E-state index is 0.551. The first-order valence-corrected chi connectivity index (χ1v) is 8.67. The van der Waals surface area contributed by atoms with Gasteiger partial charge in [0.25, 0.3) is 0 Å². The van der Waals surface area contributed by atoms with Gasteiger partial charge in [-0.05, 0) is 40.1 Å². The SMILES string of the molecule is C(=C\c1c(OCc2ccccc2)ccc2ccccc12)/c1ccncc1. The molecule has 2 heteroatoms. The predicted octanol–water partition coefficient (Wildman–Crippen LogP) is 5.98. The lowest BCUT2D eigenvalue weighted by atomic mass is 10.0. The molecule has 0 unspecified atom stereocenters. The number of hydrogen-bond donors (Lipinski definition) is 0. The Hall–Kier alpha value is -3.39. The van der Waals surface area contributed by atoms with Crippen LogP contribution in [0.2, 0.25) is 0 Å². The highest BCUT2D eigenvalue weighted by molar-refractivity contribution is 5.95. The zero-order chi connectivity index (χ0) is 17.6. The van der Waals surface area contributed by atoms with Crippen molar-refractivity contribution in [3.8, 4) is 5.75 Å². The van der Waals surface area contributed by atoms with Crippen molar-refractivity contribution in [3.05, 3.63) is 108 Å². The molecule has 0 radical (unpaired) electrons. The number of aromatic nitrogens is 1. The van der Waals surface area contributed by atoms with Crippen LogP contribution in [0.3, 0.4) is 0 Å². The van der Waals surface area contributed by atoms with Gasteiger partial charge in [0.1, 0.15) is 12.4 Å². The fourth-order valence-electron chi connectivity index (χ4n) is 2.96. The lowest BCUT2D eigenvalue weighted by Crippen LogP contribution is -1.97. The number of nitrogens with zero attached hydrogens (tertiary/aromatic N) is 1. The molecule has 4 aromatic rings. The molecule has 0 N–H and O–H groups in total. The number of ether oxygens (including phenoxy) is 1. The van der Waals surface area contributed by atoms with E-state index in [1.54, 1.807) is 12.4 Å². The van der Waals surface area contributed by atoms with Gasteiger partial charge in [0.05, 0.1) is 0 Å². The molecule has 0 aliphatic heterocycles. The van der Waals surface area contributed by atoms with E-state index in [4.69, 9.17) is 4.74 Å². The average molecular weight is 337 g/mol. The van der Waals surface area contributed by atoms with Crippen LogP contribution < -0.4 is 4.74 Å². The predicted molar refractivity (Wildman–Crippen MR) is 108 cm³/mol. The number of pyridine rings is 1. The maximum atomic E-state index is 6.16. The Kier molecular flexibility index (Phi) is 4.74. The summed E-state index contributed by atoms with van der Waals surface area (Å²) < 4.78 is 6.16. The van der Waals surface area contributed by atoms with Crippen molar-refractivity contribution in [2.24, 2.45) is 0 Å². The minimum absolute atomic E-state index is 0.551. The van der Waals surface area contributed by atoms with Gasteiger partial charge in [-0.15, -0.1) is 0 Å². The molecule has 26 heavy (non-hydrogen) atoms. The Morgan fingerprint density at radius 3 is 2.35 bits per heavy atom. The highest BCUT2D eigenvalue weighted by atomic mass is 16.5. The van der Waals surface area contributed by atoms with E-state index in [1.807, 2.05) is 30.3 Å². The van der Waals surface area contributed by atoms with Gasteiger partial charge < -0.3 is 4.74 Å². The molecule has 1 aromatic heterocycles. The molecule has 0 amide bonds. The van der Waals surface area contributed by atoms with Gasteiger partial charge in [-0.2, -0.15) is 0 Å². The van der Waals surface area contributed by atoms with Crippen molar-refractivity contribution in [1.82, 2.24) is 4.98 Å². The first kappa shape index (κ1) is 16.1. The molecule has 0 spiro atoms. The zero-order valence-electron chi connectivity index (χ0n) is 14.4. The third-order valence-electron chi connectivity index (χ3n) is 4.32. The fourth-order valence-corrected chi connectivity index (χ4v) is 2.96. The van der Waals surface area contributed by atoms with Crippen molar-refractivity contribution in [2.75, 3.05) is 0 Å². The fraction of sp³-hybridized carbons (Fsp3) is 0.0417. The number of rotatable bonds is 5. The van der Waals surface area contributed by atoms with Crippen LogP contribution in [0.1, 0.15) is 16.7 Å². The van der Waals surface area contributed by atoms with Crippen molar-refractivity contribution in [2.45, 2.75) is 6.61 Å². The topological polar surface area (TPSA) is 22.1 Å². The standard InChI is InChI=1S/C24H19NO/c1-2-6-20(7-3-1)18-26-24-13-11-21-8-4-5-9-22(21)23(24)12-10-19-14-16-25-17-15-19/h1-17H,18H2/b12-10+. The Labute approximate surface area is 153 Å². The van der Waals surface area contributed by atoms with Crippen LogP contribution in [0.4, 0.5) is 0 Å². The first-order chi connectivity index (χ1) is 12.9. The smallest absolute Gasteiger partial charge is 0.127 e. The Morgan fingerprint density at radius 1 is 0.731 bits per heavy atom. The molecule has 2 nitrogen and oxygen atoms in total. The molecular formula is C24H19NO. The van der Waals surface area contributed by atoms with Gasteiger partial charge in [-0.3, -0.25) is 4.98 Å². The van der Waals surface area contributed by atoms with Crippen LogP contribution in [-0.2, 0) is 6.61 Å². The van der Waals surface area contributed by atoms with Gasteiger partial charge in [0, 0.05) is 18.0 Å². The normalized spacial score (nSPS) is 11.1. The van der Waals surface area contributed by atoms with Crippen molar-refractivity contribution in [3.63, 3.8) is 0 Å². The van der Waals surface area contributed by atoms with Crippen LogP contribution in [0.5, 0.6) is 5.75 Å².